The third-order valence-electron chi connectivity index (χ3n) is 3.47. The lowest BCUT2D eigenvalue weighted by molar-refractivity contribution is 0.102. The van der Waals surface area contributed by atoms with Gasteiger partial charge in [0, 0.05) is 28.1 Å². The summed E-state index contributed by atoms with van der Waals surface area (Å²) in [7, 11) is 1.59. The van der Waals surface area contributed by atoms with Crippen LogP contribution in [-0.4, -0.2) is 18.0 Å². The number of rotatable bonds is 5. The van der Waals surface area contributed by atoms with E-state index in [9.17, 15) is 4.79 Å². The van der Waals surface area contributed by atoms with Gasteiger partial charge in [-0.05, 0) is 42.5 Å². The van der Waals surface area contributed by atoms with E-state index in [4.69, 9.17) is 4.74 Å². The number of amides is 1. The molecule has 0 aliphatic heterocycles. The predicted molar refractivity (Wildman–Crippen MR) is 103 cm³/mol. The molecule has 25 heavy (non-hydrogen) atoms. The number of hydrogen-bond acceptors (Lipinski definition) is 4. The average molecular weight is 398 g/mol. The lowest BCUT2D eigenvalue weighted by Gasteiger charge is -2.12. The molecule has 3 rings (SSSR count). The van der Waals surface area contributed by atoms with Crippen LogP contribution in [0.25, 0.3) is 0 Å². The van der Waals surface area contributed by atoms with Gasteiger partial charge in [-0.25, -0.2) is 4.98 Å². The van der Waals surface area contributed by atoms with E-state index in [1.165, 1.54) is 0 Å². The number of methoxy groups -OCH3 is 1. The Kier molecular flexibility index (Phi) is 5.30. The number of nitrogens with zero attached hydrogens (tertiary/aromatic N) is 1. The monoisotopic (exact) mass is 397 g/mol. The van der Waals surface area contributed by atoms with Gasteiger partial charge in [0.1, 0.15) is 11.6 Å². The molecule has 1 aromatic heterocycles. The Balaban J connectivity index is 1.83. The average Bonchev–Trinajstić information content (AvgIpc) is 2.62. The maximum absolute atomic E-state index is 12.7. The molecule has 2 N–H and O–H groups in total. The van der Waals surface area contributed by atoms with Crippen molar-refractivity contribution in [1.82, 2.24) is 4.98 Å². The number of benzene rings is 2. The Morgan fingerprint density at radius 1 is 1.04 bits per heavy atom. The van der Waals surface area contributed by atoms with Crippen molar-refractivity contribution in [3.05, 3.63) is 76.9 Å². The van der Waals surface area contributed by atoms with E-state index in [0.29, 0.717) is 22.8 Å². The van der Waals surface area contributed by atoms with Gasteiger partial charge < -0.3 is 15.4 Å². The first kappa shape index (κ1) is 17.0. The van der Waals surface area contributed by atoms with E-state index in [2.05, 4.69) is 31.5 Å². The van der Waals surface area contributed by atoms with Gasteiger partial charge in [0.15, 0.2) is 0 Å². The molecule has 0 saturated heterocycles. The molecule has 0 saturated carbocycles. The zero-order chi connectivity index (χ0) is 17.6. The second-order valence-corrected chi connectivity index (χ2v) is 6.14. The number of nitrogens with one attached hydrogen (secondary N) is 2. The lowest BCUT2D eigenvalue weighted by atomic mass is 10.2. The quantitative estimate of drug-likeness (QED) is 0.645. The molecule has 6 heteroatoms. The first-order valence-corrected chi connectivity index (χ1v) is 8.38. The van der Waals surface area contributed by atoms with Crippen LogP contribution in [-0.2, 0) is 0 Å². The molecular weight excluding hydrogens is 382 g/mol. The van der Waals surface area contributed by atoms with Crippen molar-refractivity contribution in [1.29, 1.82) is 0 Å². The van der Waals surface area contributed by atoms with Gasteiger partial charge in [0.25, 0.3) is 5.91 Å². The highest BCUT2D eigenvalue weighted by atomic mass is 79.9. The molecule has 1 amide bonds. The summed E-state index contributed by atoms with van der Waals surface area (Å²) in [4.78, 5) is 16.9. The minimum atomic E-state index is -0.251. The first-order chi connectivity index (χ1) is 12.2. The minimum Gasteiger partial charge on any atom is -0.497 e. The Hall–Kier alpha value is -2.86. The van der Waals surface area contributed by atoms with Crippen LogP contribution in [0.5, 0.6) is 5.75 Å². The standard InChI is InChI=1S/C19H16BrN3O2/c1-25-16-8-3-7-15(12-16)23-19(24)17-9-4-10-21-18(17)22-14-6-2-5-13(20)11-14/h2-12H,1H3,(H,21,22)(H,23,24). The Labute approximate surface area is 154 Å². The summed E-state index contributed by atoms with van der Waals surface area (Å²) in [6.45, 7) is 0. The normalized spacial score (nSPS) is 10.2. The molecular formula is C19H16BrN3O2. The van der Waals surface area contributed by atoms with Crippen molar-refractivity contribution in [2.24, 2.45) is 0 Å². The zero-order valence-electron chi connectivity index (χ0n) is 13.5. The van der Waals surface area contributed by atoms with E-state index >= 15 is 0 Å². The van der Waals surface area contributed by atoms with Crippen molar-refractivity contribution < 1.29 is 9.53 Å². The number of aromatic nitrogens is 1. The van der Waals surface area contributed by atoms with E-state index in [1.807, 2.05) is 36.4 Å². The minimum absolute atomic E-state index is 0.251. The zero-order valence-corrected chi connectivity index (χ0v) is 15.1. The fourth-order valence-corrected chi connectivity index (χ4v) is 2.69. The highest BCUT2D eigenvalue weighted by Gasteiger charge is 2.13. The van der Waals surface area contributed by atoms with Crippen molar-refractivity contribution in [2.75, 3.05) is 17.7 Å². The molecule has 0 fully saturated rings. The number of halogens is 1. The summed E-state index contributed by atoms with van der Waals surface area (Å²) in [5.41, 5.74) is 1.94. The van der Waals surface area contributed by atoms with Crippen LogP contribution in [0.4, 0.5) is 17.2 Å². The van der Waals surface area contributed by atoms with Crippen molar-refractivity contribution in [3.63, 3.8) is 0 Å². The Morgan fingerprint density at radius 2 is 1.84 bits per heavy atom. The third-order valence-corrected chi connectivity index (χ3v) is 3.96. The number of hydrogen-bond donors (Lipinski definition) is 2. The topological polar surface area (TPSA) is 63.2 Å². The molecule has 0 bridgehead atoms. The SMILES string of the molecule is COc1cccc(NC(=O)c2cccnc2Nc2cccc(Br)c2)c1. The number of ether oxygens (including phenoxy) is 1. The van der Waals surface area contributed by atoms with Gasteiger partial charge in [-0.2, -0.15) is 0 Å². The molecule has 2 aromatic carbocycles. The molecule has 0 radical (unpaired) electrons. The summed E-state index contributed by atoms with van der Waals surface area (Å²) in [6, 6.07) is 18.3. The van der Waals surface area contributed by atoms with E-state index in [0.717, 1.165) is 10.2 Å². The van der Waals surface area contributed by atoms with Crippen LogP contribution < -0.4 is 15.4 Å². The van der Waals surface area contributed by atoms with Crippen LogP contribution in [0.2, 0.25) is 0 Å². The summed E-state index contributed by atoms with van der Waals surface area (Å²) < 4.78 is 6.12. The number of carbonyl (C=O) groups excluding carboxylic acids is 1. The maximum Gasteiger partial charge on any atom is 0.259 e. The molecule has 126 valence electrons. The summed E-state index contributed by atoms with van der Waals surface area (Å²) >= 11 is 3.43. The summed E-state index contributed by atoms with van der Waals surface area (Å²) in [5.74, 6) is 0.913. The highest BCUT2D eigenvalue weighted by Crippen LogP contribution is 2.23. The van der Waals surface area contributed by atoms with E-state index < -0.39 is 0 Å². The highest BCUT2D eigenvalue weighted by molar-refractivity contribution is 9.10. The van der Waals surface area contributed by atoms with Crippen LogP contribution in [0.1, 0.15) is 10.4 Å². The number of pyridine rings is 1. The molecule has 0 aliphatic rings. The number of carbonyl (C=O) groups is 1. The molecule has 0 spiro atoms. The second-order valence-electron chi connectivity index (χ2n) is 5.22. The third kappa shape index (κ3) is 4.36. The first-order valence-electron chi connectivity index (χ1n) is 7.59. The van der Waals surface area contributed by atoms with Crippen molar-refractivity contribution >= 4 is 39.0 Å². The molecule has 5 nitrogen and oxygen atoms in total. The van der Waals surface area contributed by atoms with Crippen molar-refractivity contribution in [2.45, 2.75) is 0 Å². The van der Waals surface area contributed by atoms with Crippen LogP contribution in [0.3, 0.4) is 0 Å². The smallest absolute Gasteiger partial charge is 0.259 e. The summed E-state index contributed by atoms with van der Waals surface area (Å²) in [5, 5.41) is 6.04. The van der Waals surface area contributed by atoms with Gasteiger partial charge >= 0.3 is 0 Å². The Bertz CT molecular complexity index is 899. The van der Waals surface area contributed by atoms with Crippen LogP contribution in [0.15, 0.2) is 71.3 Å². The van der Waals surface area contributed by atoms with Gasteiger partial charge in [-0.3, -0.25) is 4.79 Å². The molecule has 3 aromatic rings. The fourth-order valence-electron chi connectivity index (χ4n) is 2.29. The molecule has 0 atom stereocenters. The Morgan fingerprint density at radius 3 is 2.64 bits per heavy atom. The van der Waals surface area contributed by atoms with Gasteiger partial charge in [-0.15, -0.1) is 0 Å². The summed E-state index contributed by atoms with van der Waals surface area (Å²) in [6.07, 6.45) is 1.64. The van der Waals surface area contributed by atoms with Crippen LogP contribution >= 0.6 is 15.9 Å². The van der Waals surface area contributed by atoms with Gasteiger partial charge in [-0.1, -0.05) is 28.1 Å². The molecule has 0 aliphatic carbocycles. The van der Waals surface area contributed by atoms with E-state index in [-0.39, 0.29) is 5.91 Å². The fraction of sp³-hybridized carbons (Fsp3) is 0.0526. The van der Waals surface area contributed by atoms with Gasteiger partial charge in [0.2, 0.25) is 0 Å². The van der Waals surface area contributed by atoms with E-state index in [1.54, 1.807) is 37.6 Å². The molecule has 0 unspecified atom stereocenters. The number of anilines is 3. The lowest BCUT2D eigenvalue weighted by Crippen LogP contribution is -2.14. The maximum atomic E-state index is 12.7. The predicted octanol–water partition coefficient (Wildman–Crippen LogP) is 4.85. The van der Waals surface area contributed by atoms with Crippen LogP contribution in [0, 0.1) is 0 Å². The second kappa shape index (κ2) is 7.81. The molecule has 1 heterocycles. The van der Waals surface area contributed by atoms with Gasteiger partial charge in [0.05, 0.1) is 12.7 Å². The largest absolute Gasteiger partial charge is 0.497 e. The van der Waals surface area contributed by atoms with Crippen molar-refractivity contribution in [3.8, 4) is 5.75 Å².